The van der Waals surface area contributed by atoms with Crippen molar-refractivity contribution in [3.8, 4) is 0 Å². The molecule has 0 bridgehead atoms. The van der Waals surface area contributed by atoms with Crippen molar-refractivity contribution in [3.05, 3.63) is 69.1 Å². The topological polar surface area (TPSA) is 22.0 Å². The third-order valence-electron chi connectivity index (χ3n) is 2.55. The van der Waals surface area contributed by atoms with Crippen LogP contribution in [0.3, 0.4) is 0 Å². The van der Waals surface area contributed by atoms with Crippen molar-refractivity contribution in [1.82, 2.24) is 4.57 Å². The van der Waals surface area contributed by atoms with Crippen LogP contribution in [0.1, 0.15) is 11.1 Å². The molecule has 0 amide bonds. The molecule has 0 radical (unpaired) electrons. The largest absolute Gasteiger partial charge is 0.416 e. The minimum Gasteiger partial charge on any atom is -0.310 e. The summed E-state index contributed by atoms with van der Waals surface area (Å²) in [7, 11) is 0. The normalized spacial score (nSPS) is 11.6. The van der Waals surface area contributed by atoms with E-state index in [1.54, 1.807) is 0 Å². The van der Waals surface area contributed by atoms with Crippen LogP contribution in [0.5, 0.6) is 0 Å². The molecule has 0 aliphatic carbocycles. The van der Waals surface area contributed by atoms with Crippen molar-refractivity contribution < 1.29 is 13.2 Å². The van der Waals surface area contributed by atoms with Gasteiger partial charge in [-0.3, -0.25) is 4.79 Å². The van der Waals surface area contributed by atoms with E-state index in [0.29, 0.717) is 10.6 Å². The van der Waals surface area contributed by atoms with Gasteiger partial charge >= 0.3 is 6.18 Å². The van der Waals surface area contributed by atoms with Crippen molar-refractivity contribution in [2.24, 2.45) is 0 Å². The first kappa shape index (κ1) is 13.7. The first-order valence-corrected chi connectivity index (χ1v) is 5.76. The summed E-state index contributed by atoms with van der Waals surface area (Å²) in [5, 5.41) is 0.353. The summed E-state index contributed by atoms with van der Waals surface area (Å²) < 4.78 is 38.9. The van der Waals surface area contributed by atoms with Gasteiger partial charge in [0.05, 0.1) is 17.1 Å². The highest BCUT2D eigenvalue weighted by molar-refractivity contribution is 6.30. The van der Waals surface area contributed by atoms with Crippen LogP contribution in [0.15, 0.2) is 47.4 Å². The summed E-state index contributed by atoms with van der Waals surface area (Å²) in [4.78, 5) is 11.5. The molecule has 2 rings (SSSR count). The number of hydrogen-bond donors (Lipinski definition) is 0. The van der Waals surface area contributed by atoms with Gasteiger partial charge in [0.1, 0.15) is 0 Å². The molecule has 1 aromatic heterocycles. The summed E-state index contributed by atoms with van der Waals surface area (Å²) >= 11 is 5.75. The fraction of sp³-hybridized carbons (Fsp3) is 0.154. The molecule has 0 aliphatic rings. The van der Waals surface area contributed by atoms with E-state index in [2.05, 4.69) is 0 Å². The molecule has 1 heterocycles. The number of aromatic nitrogens is 1. The zero-order valence-electron chi connectivity index (χ0n) is 9.62. The number of rotatable bonds is 2. The van der Waals surface area contributed by atoms with E-state index >= 15 is 0 Å². The number of hydrogen-bond acceptors (Lipinski definition) is 1. The molecule has 6 heteroatoms. The monoisotopic (exact) mass is 287 g/mol. The summed E-state index contributed by atoms with van der Waals surface area (Å²) in [6, 6.07) is 7.57. The molecule has 0 spiro atoms. The lowest BCUT2D eigenvalue weighted by molar-refractivity contribution is -0.137. The lowest BCUT2D eigenvalue weighted by Gasteiger charge is -2.10. The highest BCUT2D eigenvalue weighted by Crippen LogP contribution is 2.29. The minimum atomic E-state index is -4.39. The third kappa shape index (κ3) is 3.38. The maximum Gasteiger partial charge on any atom is 0.416 e. The van der Waals surface area contributed by atoms with Crippen molar-refractivity contribution in [3.63, 3.8) is 0 Å². The third-order valence-corrected chi connectivity index (χ3v) is 2.78. The predicted molar refractivity (Wildman–Crippen MR) is 66.3 cm³/mol. The van der Waals surface area contributed by atoms with Gasteiger partial charge in [-0.15, -0.1) is 0 Å². The maximum absolute atomic E-state index is 12.6. The standard InChI is InChI=1S/C13H9ClF3NO/c14-11-4-5-12(19)18(8-11)7-9-2-1-3-10(6-9)13(15,16)17/h1-6,8H,7H2. The molecule has 0 aliphatic heterocycles. The van der Waals surface area contributed by atoms with Crippen LogP contribution in [0.2, 0.25) is 5.02 Å². The number of halogens is 4. The van der Waals surface area contributed by atoms with Crippen LogP contribution in [-0.2, 0) is 12.7 Å². The Hall–Kier alpha value is -1.75. The Morgan fingerprint density at radius 3 is 2.58 bits per heavy atom. The number of benzene rings is 1. The molecule has 0 saturated heterocycles. The average Bonchev–Trinajstić information content (AvgIpc) is 2.33. The molecule has 100 valence electrons. The Kier molecular flexibility index (Phi) is 3.66. The maximum atomic E-state index is 12.6. The summed E-state index contributed by atoms with van der Waals surface area (Å²) in [6.07, 6.45) is -3.00. The number of alkyl halides is 3. The SMILES string of the molecule is O=c1ccc(Cl)cn1Cc1cccc(C(F)(F)F)c1. The van der Waals surface area contributed by atoms with E-state index in [1.807, 2.05) is 0 Å². The Labute approximate surface area is 112 Å². The molecule has 19 heavy (non-hydrogen) atoms. The first-order valence-electron chi connectivity index (χ1n) is 5.38. The second-order valence-corrected chi connectivity index (χ2v) is 4.45. The van der Waals surface area contributed by atoms with Gasteiger partial charge in [-0.1, -0.05) is 23.7 Å². The van der Waals surface area contributed by atoms with E-state index in [9.17, 15) is 18.0 Å². The van der Waals surface area contributed by atoms with Gasteiger partial charge < -0.3 is 4.57 Å². The fourth-order valence-corrected chi connectivity index (χ4v) is 1.85. The second-order valence-electron chi connectivity index (χ2n) is 4.01. The van der Waals surface area contributed by atoms with E-state index in [4.69, 9.17) is 11.6 Å². The average molecular weight is 288 g/mol. The quantitative estimate of drug-likeness (QED) is 0.828. The Bertz CT molecular complexity index is 649. The van der Waals surface area contributed by atoms with Gasteiger partial charge in [0, 0.05) is 12.3 Å². The zero-order chi connectivity index (χ0) is 14.0. The van der Waals surface area contributed by atoms with Gasteiger partial charge in [0.15, 0.2) is 0 Å². The number of nitrogens with zero attached hydrogens (tertiary/aromatic N) is 1. The van der Waals surface area contributed by atoms with Crippen molar-refractivity contribution >= 4 is 11.6 Å². The lowest BCUT2D eigenvalue weighted by atomic mass is 10.1. The Morgan fingerprint density at radius 1 is 1.16 bits per heavy atom. The van der Waals surface area contributed by atoms with Gasteiger partial charge in [0.25, 0.3) is 5.56 Å². The van der Waals surface area contributed by atoms with Crippen molar-refractivity contribution in [2.75, 3.05) is 0 Å². The molecule has 0 atom stereocenters. The summed E-state index contributed by atoms with van der Waals surface area (Å²) in [5.74, 6) is 0. The Balaban J connectivity index is 2.34. The number of pyridine rings is 1. The molecule has 0 saturated carbocycles. The van der Waals surface area contributed by atoms with Crippen LogP contribution in [-0.4, -0.2) is 4.57 Å². The molecular formula is C13H9ClF3NO. The first-order chi connectivity index (χ1) is 8.86. The lowest BCUT2D eigenvalue weighted by Crippen LogP contribution is -2.19. The minimum absolute atomic E-state index is 0.0450. The fourth-order valence-electron chi connectivity index (χ4n) is 1.67. The van der Waals surface area contributed by atoms with E-state index < -0.39 is 11.7 Å². The van der Waals surface area contributed by atoms with E-state index in [-0.39, 0.29) is 12.1 Å². The molecule has 2 nitrogen and oxygen atoms in total. The van der Waals surface area contributed by atoms with Gasteiger partial charge in [0.2, 0.25) is 0 Å². The van der Waals surface area contributed by atoms with E-state index in [0.717, 1.165) is 12.1 Å². The summed E-state index contributed by atoms with van der Waals surface area (Å²) in [5.41, 5.74) is -0.666. The molecule has 2 aromatic rings. The highest BCUT2D eigenvalue weighted by atomic mass is 35.5. The van der Waals surface area contributed by atoms with Gasteiger partial charge in [-0.2, -0.15) is 13.2 Å². The van der Waals surface area contributed by atoms with Crippen molar-refractivity contribution in [2.45, 2.75) is 12.7 Å². The van der Waals surface area contributed by atoms with Gasteiger partial charge in [-0.05, 0) is 23.8 Å². The molecule has 0 unspecified atom stereocenters. The zero-order valence-corrected chi connectivity index (χ0v) is 10.4. The molecular weight excluding hydrogens is 279 g/mol. The smallest absolute Gasteiger partial charge is 0.310 e. The summed E-state index contributed by atoms with van der Waals surface area (Å²) in [6.45, 7) is 0.0450. The van der Waals surface area contributed by atoms with Crippen LogP contribution in [0, 0.1) is 0 Å². The second kappa shape index (κ2) is 5.09. The van der Waals surface area contributed by atoms with Crippen LogP contribution in [0.25, 0.3) is 0 Å². The molecule has 1 aromatic carbocycles. The highest BCUT2D eigenvalue weighted by Gasteiger charge is 2.30. The Morgan fingerprint density at radius 2 is 1.89 bits per heavy atom. The molecule has 0 N–H and O–H groups in total. The van der Waals surface area contributed by atoms with Crippen LogP contribution < -0.4 is 5.56 Å². The predicted octanol–water partition coefficient (Wildman–Crippen LogP) is 3.57. The van der Waals surface area contributed by atoms with Crippen molar-refractivity contribution in [1.29, 1.82) is 0 Å². The van der Waals surface area contributed by atoms with Gasteiger partial charge in [-0.25, -0.2) is 0 Å². The molecule has 0 fully saturated rings. The van der Waals surface area contributed by atoms with Crippen LogP contribution in [0.4, 0.5) is 13.2 Å². The van der Waals surface area contributed by atoms with E-state index in [1.165, 1.54) is 35.0 Å². The van der Waals surface area contributed by atoms with Crippen LogP contribution >= 0.6 is 11.6 Å².